The normalized spacial score (nSPS) is 25.8. The molecule has 6 nitrogen and oxygen atoms in total. The van der Waals surface area contributed by atoms with Gasteiger partial charge in [0.2, 0.25) is 0 Å². The summed E-state index contributed by atoms with van der Waals surface area (Å²) in [6.07, 6.45) is 4.94. The number of hydrogen-bond donors (Lipinski definition) is 0. The number of carbonyl (C=O) groups is 1. The molecule has 2 fully saturated rings. The number of carbonyl (C=O) groups excluding carboxylic acids is 1. The van der Waals surface area contributed by atoms with Crippen molar-refractivity contribution in [3.05, 3.63) is 22.2 Å². The fraction of sp³-hybridized carbons (Fsp3) is 0.769. The first kappa shape index (κ1) is 13.7. The summed E-state index contributed by atoms with van der Waals surface area (Å²) >= 11 is 0. The van der Waals surface area contributed by atoms with Crippen molar-refractivity contribution in [1.29, 1.82) is 0 Å². The summed E-state index contributed by atoms with van der Waals surface area (Å²) in [5, 5.41) is 3.51. The van der Waals surface area contributed by atoms with Gasteiger partial charge in [-0.25, -0.2) is 4.79 Å². The van der Waals surface area contributed by atoms with Crippen LogP contribution in [0.3, 0.4) is 0 Å². The number of nitrogens with zero attached hydrogens (tertiary/aromatic N) is 4. The van der Waals surface area contributed by atoms with Crippen LogP contribution in [0.15, 0.2) is 16.9 Å². The van der Waals surface area contributed by atoms with Crippen LogP contribution in [0.1, 0.15) is 46.5 Å². The summed E-state index contributed by atoms with van der Waals surface area (Å²) in [5.41, 5.74) is 9.01. The quantitative estimate of drug-likeness (QED) is 0.411. The smallest absolute Gasteiger partial charge is 0.410 e. The molecule has 0 spiro atoms. The van der Waals surface area contributed by atoms with Crippen LogP contribution in [0.2, 0.25) is 0 Å². The van der Waals surface area contributed by atoms with E-state index < -0.39 is 5.60 Å². The third kappa shape index (κ3) is 3.20. The van der Waals surface area contributed by atoms with Crippen LogP contribution < -0.4 is 0 Å². The van der Waals surface area contributed by atoms with Gasteiger partial charge in [0.15, 0.2) is 0 Å². The van der Waals surface area contributed by atoms with E-state index in [-0.39, 0.29) is 18.2 Å². The van der Waals surface area contributed by atoms with Gasteiger partial charge in [0.05, 0.1) is 0 Å². The van der Waals surface area contributed by atoms with Crippen LogP contribution in [-0.2, 0) is 4.74 Å². The third-order valence-electron chi connectivity index (χ3n) is 3.51. The van der Waals surface area contributed by atoms with Gasteiger partial charge in [-0.3, -0.25) is 0 Å². The van der Waals surface area contributed by atoms with E-state index in [0.29, 0.717) is 0 Å². The standard InChI is InChI=1S/C13H20N4O2/c1-13(2,3)19-12(18)17-10-4-5-11(17)7-9(6-10)8-15-16-14/h8,10-11H,4-7H2,1-3H3. The average molecular weight is 264 g/mol. The molecule has 1 amide bonds. The SMILES string of the molecule is CC(C)(C)OC(=O)N1C2CCC1CC(=CN=[N+]=[N-])C2. The molecule has 2 atom stereocenters. The Morgan fingerprint density at radius 1 is 1.42 bits per heavy atom. The van der Waals surface area contributed by atoms with Gasteiger partial charge in [-0.05, 0) is 52.0 Å². The number of hydrogen-bond acceptors (Lipinski definition) is 3. The molecule has 2 aliphatic heterocycles. The largest absolute Gasteiger partial charge is 0.444 e. The molecule has 19 heavy (non-hydrogen) atoms. The Balaban J connectivity index is 2.07. The molecule has 0 saturated carbocycles. The van der Waals surface area contributed by atoms with E-state index in [1.54, 1.807) is 6.20 Å². The maximum atomic E-state index is 12.2. The van der Waals surface area contributed by atoms with Gasteiger partial charge in [0.1, 0.15) is 5.60 Å². The first-order chi connectivity index (χ1) is 8.90. The minimum absolute atomic E-state index is 0.189. The third-order valence-corrected chi connectivity index (χ3v) is 3.51. The summed E-state index contributed by atoms with van der Waals surface area (Å²) in [7, 11) is 0. The second kappa shape index (κ2) is 5.13. The summed E-state index contributed by atoms with van der Waals surface area (Å²) in [5.74, 6) is 0. The Morgan fingerprint density at radius 2 is 2.00 bits per heavy atom. The maximum Gasteiger partial charge on any atom is 0.410 e. The van der Waals surface area contributed by atoms with Gasteiger partial charge < -0.3 is 9.64 Å². The van der Waals surface area contributed by atoms with Gasteiger partial charge >= 0.3 is 6.09 Å². The molecule has 0 aromatic carbocycles. The molecule has 0 aliphatic carbocycles. The summed E-state index contributed by atoms with van der Waals surface area (Å²) < 4.78 is 5.46. The van der Waals surface area contributed by atoms with Crippen molar-refractivity contribution >= 4 is 6.09 Å². The Hall–Kier alpha value is -1.68. The van der Waals surface area contributed by atoms with Crippen molar-refractivity contribution in [2.75, 3.05) is 0 Å². The molecule has 6 heteroatoms. The molecule has 0 aromatic rings. The summed E-state index contributed by atoms with van der Waals surface area (Å²) in [6.45, 7) is 5.64. The van der Waals surface area contributed by atoms with E-state index in [2.05, 4.69) is 10.0 Å². The number of fused-ring (bicyclic) bond motifs is 2. The maximum absolute atomic E-state index is 12.2. The van der Waals surface area contributed by atoms with Gasteiger partial charge in [0, 0.05) is 23.2 Å². The lowest BCUT2D eigenvalue weighted by Gasteiger charge is -2.37. The Labute approximate surface area is 113 Å². The molecule has 2 aliphatic rings. The highest BCUT2D eigenvalue weighted by atomic mass is 16.6. The lowest BCUT2D eigenvalue weighted by Crippen LogP contribution is -2.46. The fourth-order valence-electron chi connectivity index (χ4n) is 2.88. The van der Waals surface area contributed by atoms with Crippen molar-refractivity contribution in [2.24, 2.45) is 5.11 Å². The number of ether oxygens (including phenoxy) is 1. The molecule has 2 bridgehead atoms. The van der Waals surface area contributed by atoms with Gasteiger partial charge in [-0.2, -0.15) is 0 Å². The Kier molecular flexibility index (Phi) is 3.71. The summed E-state index contributed by atoms with van der Waals surface area (Å²) in [6, 6.07) is 0.377. The fourth-order valence-corrected chi connectivity index (χ4v) is 2.88. The number of azide groups is 1. The minimum atomic E-state index is -0.461. The van der Waals surface area contributed by atoms with Crippen LogP contribution in [0.4, 0.5) is 4.79 Å². The van der Waals surface area contributed by atoms with Gasteiger partial charge in [-0.15, -0.1) is 0 Å². The van der Waals surface area contributed by atoms with Crippen LogP contribution >= 0.6 is 0 Å². The zero-order valence-electron chi connectivity index (χ0n) is 11.7. The molecule has 2 unspecified atom stereocenters. The van der Waals surface area contributed by atoms with E-state index in [4.69, 9.17) is 10.3 Å². The van der Waals surface area contributed by atoms with E-state index in [9.17, 15) is 4.79 Å². The molecule has 104 valence electrons. The topological polar surface area (TPSA) is 78.3 Å². The summed E-state index contributed by atoms with van der Waals surface area (Å²) in [4.78, 5) is 16.8. The number of piperidine rings is 1. The monoisotopic (exact) mass is 264 g/mol. The van der Waals surface area contributed by atoms with Crippen LogP contribution in [0.25, 0.3) is 10.4 Å². The zero-order valence-corrected chi connectivity index (χ0v) is 11.7. The Morgan fingerprint density at radius 3 is 2.47 bits per heavy atom. The lowest BCUT2D eigenvalue weighted by molar-refractivity contribution is 0.0115. The van der Waals surface area contributed by atoms with Crippen molar-refractivity contribution in [2.45, 2.75) is 64.1 Å². The molecule has 2 saturated heterocycles. The van der Waals surface area contributed by atoms with E-state index in [1.807, 2.05) is 25.7 Å². The molecule has 2 heterocycles. The van der Waals surface area contributed by atoms with Crippen molar-refractivity contribution < 1.29 is 9.53 Å². The van der Waals surface area contributed by atoms with E-state index >= 15 is 0 Å². The second-order valence-electron chi connectivity index (χ2n) is 6.17. The van der Waals surface area contributed by atoms with Crippen molar-refractivity contribution in [3.63, 3.8) is 0 Å². The highest BCUT2D eigenvalue weighted by molar-refractivity contribution is 5.70. The highest BCUT2D eigenvalue weighted by Crippen LogP contribution is 2.39. The number of rotatable bonds is 1. The van der Waals surface area contributed by atoms with Gasteiger partial charge in [-0.1, -0.05) is 10.7 Å². The van der Waals surface area contributed by atoms with Crippen molar-refractivity contribution in [3.8, 4) is 0 Å². The minimum Gasteiger partial charge on any atom is -0.444 e. The van der Waals surface area contributed by atoms with Crippen LogP contribution in [0.5, 0.6) is 0 Å². The molecule has 0 radical (unpaired) electrons. The molecular formula is C13H20N4O2. The van der Waals surface area contributed by atoms with Crippen LogP contribution in [-0.4, -0.2) is 28.7 Å². The van der Waals surface area contributed by atoms with E-state index in [0.717, 1.165) is 31.3 Å². The predicted molar refractivity (Wildman–Crippen MR) is 71.3 cm³/mol. The molecule has 2 rings (SSSR count). The first-order valence-corrected chi connectivity index (χ1v) is 6.64. The van der Waals surface area contributed by atoms with E-state index in [1.165, 1.54) is 0 Å². The highest BCUT2D eigenvalue weighted by Gasteiger charge is 2.42. The van der Waals surface area contributed by atoms with Gasteiger partial charge in [0.25, 0.3) is 0 Å². The van der Waals surface area contributed by atoms with Crippen LogP contribution in [0, 0.1) is 0 Å². The Bertz CT molecular complexity index is 430. The zero-order chi connectivity index (χ0) is 14.0. The lowest BCUT2D eigenvalue weighted by atomic mass is 9.98. The number of amides is 1. The van der Waals surface area contributed by atoms with Crippen molar-refractivity contribution in [1.82, 2.24) is 4.90 Å². The second-order valence-corrected chi connectivity index (χ2v) is 6.17. The predicted octanol–water partition coefficient (Wildman–Crippen LogP) is 3.74. The molecule has 0 N–H and O–H groups in total. The molecule has 0 aromatic heterocycles. The first-order valence-electron chi connectivity index (χ1n) is 6.64. The molecular weight excluding hydrogens is 244 g/mol. The average Bonchev–Trinajstić information content (AvgIpc) is 2.56.